The van der Waals surface area contributed by atoms with Crippen molar-refractivity contribution in [3.05, 3.63) is 87.4 Å². The molecule has 0 bridgehead atoms. The summed E-state index contributed by atoms with van der Waals surface area (Å²) in [4.78, 5) is 14.9. The minimum absolute atomic E-state index is 0.151. The molecule has 5 nitrogen and oxygen atoms in total. The Hall–Kier alpha value is -2.54. The predicted octanol–water partition coefficient (Wildman–Crippen LogP) is 5.70. The number of rotatable bonds is 4. The monoisotopic (exact) mass is 474 g/mol. The molecule has 0 saturated heterocycles. The fourth-order valence-corrected chi connectivity index (χ4v) is 5.27. The molecule has 31 heavy (non-hydrogen) atoms. The number of anilines is 2. The maximum atomic E-state index is 13.0. The molecule has 1 aliphatic heterocycles. The number of fused-ring (bicyclic) bond motifs is 1. The molecular weight excluding hydrogens is 455 g/mol. The van der Waals surface area contributed by atoms with E-state index in [9.17, 15) is 13.2 Å². The Morgan fingerprint density at radius 2 is 1.77 bits per heavy atom. The van der Waals surface area contributed by atoms with Gasteiger partial charge in [-0.1, -0.05) is 29.3 Å². The van der Waals surface area contributed by atoms with Gasteiger partial charge in [0.15, 0.2) is 0 Å². The van der Waals surface area contributed by atoms with Crippen LogP contribution < -0.4 is 9.62 Å². The van der Waals surface area contributed by atoms with Gasteiger partial charge >= 0.3 is 0 Å². The summed E-state index contributed by atoms with van der Waals surface area (Å²) in [5.74, 6) is -0.158. The van der Waals surface area contributed by atoms with E-state index >= 15 is 0 Å². The first kappa shape index (κ1) is 21.7. The molecule has 1 amide bonds. The van der Waals surface area contributed by atoms with Gasteiger partial charge in [0.2, 0.25) is 0 Å². The molecule has 0 spiro atoms. The number of benzene rings is 3. The van der Waals surface area contributed by atoms with Crippen LogP contribution in [0.1, 0.15) is 27.9 Å². The molecule has 0 atom stereocenters. The van der Waals surface area contributed by atoms with Gasteiger partial charge in [0.25, 0.3) is 15.9 Å². The smallest absolute Gasteiger partial charge is 0.261 e. The maximum Gasteiger partial charge on any atom is 0.261 e. The third kappa shape index (κ3) is 4.56. The Bertz CT molecular complexity index is 1280. The van der Waals surface area contributed by atoms with Crippen molar-refractivity contribution in [1.82, 2.24) is 0 Å². The lowest BCUT2D eigenvalue weighted by atomic mass is 10.0. The van der Waals surface area contributed by atoms with Crippen LogP contribution >= 0.6 is 23.2 Å². The van der Waals surface area contributed by atoms with Gasteiger partial charge < -0.3 is 4.90 Å². The van der Waals surface area contributed by atoms with E-state index in [2.05, 4.69) is 4.72 Å². The zero-order chi connectivity index (χ0) is 22.2. The summed E-state index contributed by atoms with van der Waals surface area (Å²) in [5, 5.41) is 1.03. The molecule has 1 aliphatic rings. The standard InChI is InChI=1S/C23H20Cl2N2O3S/c1-15-12-19(25)7-9-21(15)26-31(29,30)20-8-10-22-16(14-20)5-3-11-27(22)23(28)17-4-2-6-18(24)13-17/h2,4,6-10,12-14,26H,3,5,11H2,1H3. The SMILES string of the molecule is Cc1cc(Cl)ccc1NS(=O)(=O)c1ccc2c(c1)CCCN2C(=O)c1cccc(Cl)c1. The molecule has 8 heteroatoms. The van der Waals surface area contributed by atoms with E-state index in [1.807, 2.05) is 0 Å². The third-order valence-corrected chi connectivity index (χ3v) is 7.06. The molecule has 0 radical (unpaired) electrons. The van der Waals surface area contributed by atoms with Gasteiger partial charge in [-0.15, -0.1) is 0 Å². The number of carbonyl (C=O) groups is 1. The van der Waals surface area contributed by atoms with Crippen molar-refractivity contribution < 1.29 is 13.2 Å². The first-order chi connectivity index (χ1) is 14.7. The van der Waals surface area contributed by atoms with Crippen molar-refractivity contribution in [3.8, 4) is 0 Å². The molecule has 0 aliphatic carbocycles. The van der Waals surface area contributed by atoms with E-state index in [0.29, 0.717) is 34.3 Å². The van der Waals surface area contributed by atoms with Crippen molar-refractivity contribution in [2.45, 2.75) is 24.7 Å². The van der Waals surface area contributed by atoms with Crippen LogP contribution in [0.25, 0.3) is 0 Å². The molecular formula is C23H20Cl2N2O3S. The highest BCUT2D eigenvalue weighted by atomic mass is 35.5. The third-order valence-electron chi connectivity index (χ3n) is 5.23. The summed E-state index contributed by atoms with van der Waals surface area (Å²) >= 11 is 12.0. The minimum Gasteiger partial charge on any atom is -0.308 e. The lowest BCUT2D eigenvalue weighted by Crippen LogP contribution is -2.35. The summed E-state index contributed by atoms with van der Waals surface area (Å²) in [6, 6.07) is 16.6. The molecule has 0 aromatic heterocycles. The number of amides is 1. The van der Waals surface area contributed by atoms with Crippen LogP contribution in [0.3, 0.4) is 0 Å². The van der Waals surface area contributed by atoms with Gasteiger partial charge in [-0.05, 0) is 85.5 Å². The molecule has 1 heterocycles. The number of nitrogens with one attached hydrogen (secondary N) is 1. The Labute approximate surface area is 191 Å². The number of halogens is 2. The van der Waals surface area contributed by atoms with Crippen LogP contribution in [-0.4, -0.2) is 20.9 Å². The van der Waals surface area contributed by atoms with Gasteiger partial charge in [-0.25, -0.2) is 8.42 Å². The van der Waals surface area contributed by atoms with Crippen LogP contribution in [0.2, 0.25) is 10.0 Å². The van der Waals surface area contributed by atoms with Crippen LogP contribution in [0.4, 0.5) is 11.4 Å². The van der Waals surface area contributed by atoms with E-state index < -0.39 is 10.0 Å². The van der Waals surface area contributed by atoms with E-state index in [4.69, 9.17) is 23.2 Å². The van der Waals surface area contributed by atoms with Gasteiger partial charge in [0.1, 0.15) is 0 Å². The van der Waals surface area contributed by atoms with Gasteiger partial charge in [0.05, 0.1) is 10.6 Å². The van der Waals surface area contributed by atoms with E-state index in [1.54, 1.807) is 66.4 Å². The van der Waals surface area contributed by atoms with Gasteiger partial charge in [-0.3, -0.25) is 9.52 Å². The number of sulfonamides is 1. The second-order valence-corrected chi connectivity index (χ2v) is 9.98. The number of aryl methyl sites for hydroxylation is 2. The van der Waals surface area contributed by atoms with Crippen LogP contribution in [0.15, 0.2) is 65.6 Å². The summed E-state index contributed by atoms with van der Waals surface area (Å²) in [5.41, 5.74) is 3.24. The van der Waals surface area contributed by atoms with Crippen molar-refractivity contribution in [2.75, 3.05) is 16.2 Å². The molecule has 0 unspecified atom stereocenters. The van der Waals surface area contributed by atoms with Crippen molar-refractivity contribution in [2.24, 2.45) is 0 Å². The highest BCUT2D eigenvalue weighted by molar-refractivity contribution is 7.92. The number of nitrogens with zero attached hydrogens (tertiary/aromatic N) is 1. The number of hydrogen-bond donors (Lipinski definition) is 1. The van der Waals surface area contributed by atoms with Crippen molar-refractivity contribution >= 4 is 50.5 Å². The summed E-state index contributed by atoms with van der Waals surface area (Å²) in [7, 11) is -3.79. The maximum absolute atomic E-state index is 13.0. The second-order valence-electron chi connectivity index (χ2n) is 7.43. The summed E-state index contributed by atoms with van der Waals surface area (Å²) in [6.45, 7) is 2.35. The average Bonchev–Trinajstić information content (AvgIpc) is 2.74. The number of carbonyl (C=O) groups excluding carboxylic acids is 1. The Balaban J connectivity index is 1.64. The molecule has 160 valence electrons. The van der Waals surface area contributed by atoms with Gasteiger partial charge in [0, 0.05) is 27.8 Å². The average molecular weight is 475 g/mol. The normalized spacial score (nSPS) is 13.6. The predicted molar refractivity (Wildman–Crippen MR) is 125 cm³/mol. The van der Waals surface area contributed by atoms with Gasteiger partial charge in [-0.2, -0.15) is 0 Å². The molecule has 1 N–H and O–H groups in total. The number of hydrogen-bond acceptors (Lipinski definition) is 3. The Morgan fingerprint density at radius 3 is 2.52 bits per heavy atom. The van der Waals surface area contributed by atoms with E-state index in [0.717, 1.165) is 23.2 Å². The first-order valence-electron chi connectivity index (χ1n) is 9.74. The lowest BCUT2D eigenvalue weighted by molar-refractivity contribution is 0.0985. The largest absolute Gasteiger partial charge is 0.308 e. The highest BCUT2D eigenvalue weighted by Crippen LogP contribution is 2.32. The fourth-order valence-electron chi connectivity index (χ4n) is 3.67. The Morgan fingerprint density at radius 1 is 1.00 bits per heavy atom. The molecule has 0 saturated carbocycles. The fraction of sp³-hybridized carbons (Fsp3) is 0.174. The highest BCUT2D eigenvalue weighted by Gasteiger charge is 2.26. The molecule has 4 rings (SSSR count). The van der Waals surface area contributed by atoms with Crippen molar-refractivity contribution in [3.63, 3.8) is 0 Å². The lowest BCUT2D eigenvalue weighted by Gasteiger charge is -2.30. The summed E-state index contributed by atoms with van der Waals surface area (Å²) < 4.78 is 28.5. The molecule has 3 aromatic rings. The van der Waals surface area contributed by atoms with E-state index in [1.165, 1.54) is 6.07 Å². The zero-order valence-corrected chi connectivity index (χ0v) is 19.1. The van der Waals surface area contributed by atoms with Crippen LogP contribution in [0, 0.1) is 6.92 Å². The topological polar surface area (TPSA) is 66.5 Å². The quantitative estimate of drug-likeness (QED) is 0.527. The van der Waals surface area contributed by atoms with E-state index in [-0.39, 0.29) is 10.8 Å². The van der Waals surface area contributed by atoms with Crippen LogP contribution in [-0.2, 0) is 16.4 Å². The molecule has 0 fully saturated rings. The molecule has 3 aromatic carbocycles. The summed E-state index contributed by atoms with van der Waals surface area (Å²) in [6.07, 6.45) is 1.44. The van der Waals surface area contributed by atoms with Crippen molar-refractivity contribution in [1.29, 1.82) is 0 Å². The Kier molecular flexibility index (Phi) is 5.97. The first-order valence-corrected chi connectivity index (χ1v) is 12.0. The van der Waals surface area contributed by atoms with Crippen LogP contribution in [0.5, 0.6) is 0 Å². The zero-order valence-electron chi connectivity index (χ0n) is 16.7. The second kappa shape index (κ2) is 8.54. The minimum atomic E-state index is -3.79.